The van der Waals surface area contributed by atoms with Crippen molar-refractivity contribution in [1.29, 1.82) is 0 Å². The van der Waals surface area contributed by atoms with Crippen LogP contribution in [0.1, 0.15) is 47.0 Å². The van der Waals surface area contributed by atoms with Gasteiger partial charge in [-0.2, -0.15) is 0 Å². The van der Waals surface area contributed by atoms with E-state index in [0.29, 0.717) is 0 Å². The Bertz CT molecular complexity index is 483. The summed E-state index contributed by atoms with van der Waals surface area (Å²) in [5.41, 5.74) is 0.110. The first-order valence-electron chi connectivity index (χ1n) is 7.95. The summed E-state index contributed by atoms with van der Waals surface area (Å²) in [6, 6.07) is 0. The van der Waals surface area contributed by atoms with Gasteiger partial charge in [-0.05, 0) is 0 Å². The number of rotatable bonds is 11. The molecular weight excluding hydrogens is 323 g/mol. The zero-order valence-corrected chi connectivity index (χ0v) is 16.0. The minimum atomic E-state index is -4.10. The third-order valence-electron chi connectivity index (χ3n) is 4.77. The Morgan fingerprint density at radius 1 is 1.14 bits per heavy atom. The summed E-state index contributed by atoms with van der Waals surface area (Å²) in [5.74, 6) is -1.01. The van der Waals surface area contributed by atoms with Gasteiger partial charge in [-0.3, -0.25) is 0 Å². The maximum atomic E-state index is 12.4. The molecule has 22 heavy (non-hydrogen) atoms. The molecule has 0 bridgehead atoms. The molecule has 0 unspecified atom stereocenters. The molecule has 0 amide bonds. The van der Waals surface area contributed by atoms with Crippen LogP contribution in [0.2, 0.25) is 0 Å². The quantitative estimate of drug-likeness (QED) is 0.348. The van der Waals surface area contributed by atoms with Crippen molar-refractivity contribution in [3.05, 3.63) is 12.2 Å². The maximum absolute atomic E-state index is 12.4. The van der Waals surface area contributed by atoms with Crippen LogP contribution in [0.5, 0.6) is 0 Å². The molecule has 1 N–H and O–H groups in total. The standard InChI is InChI=1S/C15H31O5PS/c1-6-10-12-21(7-2,8-3,9-4)20-15(16)14(5)11-13-22(17,18)19/h5-13H2,1-4H3,(H,17,18,19). The van der Waals surface area contributed by atoms with Crippen molar-refractivity contribution >= 4 is 22.9 Å². The van der Waals surface area contributed by atoms with Gasteiger partial charge in [0.1, 0.15) is 0 Å². The summed E-state index contributed by atoms with van der Waals surface area (Å²) >= 11 is 0. The summed E-state index contributed by atoms with van der Waals surface area (Å²) in [6.07, 6.45) is 5.34. The van der Waals surface area contributed by atoms with E-state index in [0.717, 1.165) is 37.5 Å². The second-order valence-corrected chi connectivity index (χ2v) is 13.7. The van der Waals surface area contributed by atoms with Crippen molar-refractivity contribution in [3.8, 4) is 0 Å². The molecule has 0 saturated heterocycles. The Labute approximate surface area is 135 Å². The zero-order valence-electron chi connectivity index (χ0n) is 14.3. The molecule has 0 aromatic carbocycles. The molecule has 7 heteroatoms. The normalized spacial score (nSPS) is 14.1. The predicted octanol–water partition coefficient (Wildman–Crippen LogP) is 3.69. The Balaban J connectivity index is 5.15. The summed E-state index contributed by atoms with van der Waals surface area (Å²) < 4.78 is 36.4. The predicted molar refractivity (Wildman–Crippen MR) is 94.6 cm³/mol. The van der Waals surface area contributed by atoms with Gasteiger partial charge in [-0.25, -0.2) is 0 Å². The van der Waals surface area contributed by atoms with Gasteiger partial charge >= 0.3 is 135 Å². The van der Waals surface area contributed by atoms with Crippen LogP contribution in [0.15, 0.2) is 12.2 Å². The Morgan fingerprint density at radius 2 is 1.64 bits per heavy atom. The fourth-order valence-corrected chi connectivity index (χ4v) is 7.58. The number of unbranched alkanes of at least 4 members (excludes halogenated alkanes) is 1. The zero-order chi connectivity index (χ0) is 17.5. The number of carbonyl (C=O) groups excluding carboxylic acids is 1. The van der Waals surface area contributed by atoms with Gasteiger partial charge in [0.05, 0.1) is 0 Å². The van der Waals surface area contributed by atoms with Gasteiger partial charge in [-0.1, -0.05) is 0 Å². The Morgan fingerprint density at radius 3 is 2.00 bits per heavy atom. The van der Waals surface area contributed by atoms with Crippen molar-refractivity contribution in [2.45, 2.75) is 47.0 Å². The average Bonchev–Trinajstić information content (AvgIpc) is 2.49. The van der Waals surface area contributed by atoms with Crippen LogP contribution in [0.4, 0.5) is 0 Å². The molecule has 0 aliphatic heterocycles. The topological polar surface area (TPSA) is 80.7 Å². The SMILES string of the molecule is C=C(CCS(=O)(=O)O)C(=O)OP(CC)(CC)(CC)CCCC. The molecule has 0 saturated carbocycles. The van der Waals surface area contributed by atoms with E-state index in [9.17, 15) is 13.2 Å². The van der Waals surface area contributed by atoms with Crippen molar-refractivity contribution < 1.29 is 22.3 Å². The van der Waals surface area contributed by atoms with Gasteiger partial charge in [-0.15, -0.1) is 0 Å². The summed E-state index contributed by atoms with van der Waals surface area (Å²) in [5, 5.41) is 0. The van der Waals surface area contributed by atoms with Gasteiger partial charge in [0.25, 0.3) is 0 Å². The molecule has 0 fully saturated rings. The second-order valence-electron chi connectivity index (χ2n) is 5.90. The van der Waals surface area contributed by atoms with E-state index in [-0.39, 0.29) is 12.0 Å². The van der Waals surface area contributed by atoms with Gasteiger partial charge in [0.15, 0.2) is 0 Å². The van der Waals surface area contributed by atoms with Crippen LogP contribution in [0, 0.1) is 0 Å². The van der Waals surface area contributed by atoms with Gasteiger partial charge in [0.2, 0.25) is 0 Å². The first-order chi connectivity index (χ1) is 10.1. The third-order valence-corrected chi connectivity index (χ3v) is 12.4. The molecule has 5 nitrogen and oxygen atoms in total. The van der Waals surface area contributed by atoms with Crippen LogP contribution in [0.3, 0.4) is 0 Å². The molecule has 132 valence electrons. The molecule has 0 radical (unpaired) electrons. The fourth-order valence-electron chi connectivity index (χ4n) is 2.60. The second kappa shape index (κ2) is 8.42. The van der Waals surface area contributed by atoms with Gasteiger partial charge < -0.3 is 0 Å². The molecule has 0 aliphatic carbocycles. The van der Waals surface area contributed by atoms with Crippen LogP contribution in [-0.4, -0.2) is 49.3 Å². The number of hydrogen-bond donors (Lipinski definition) is 1. The van der Waals surface area contributed by atoms with E-state index in [1.165, 1.54) is 0 Å². The number of hydrogen-bond acceptors (Lipinski definition) is 4. The molecule has 0 heterocycles. The molecule has 0 spiro atoms. The summed E-state index contributed by atoms with van der Waals surface area (Å²) in [7, 11) is -4.10. The van der Waals surface area contributed by atoms with Crippen molar-refractivity contribution in [1.82, 2.24) is 0 Å². The van der Waals surface area contributed by atoms with Crippen molar-refractivity contribution in [2.75, 3.05) is 30.4 Å². The van der Waals surface area contributed by atoms with Crippen molar-refractivity contribution in [2.24, 2.45) is 0 Å². The van der Waals surface area contributed by atoms with E-state index in [1.807, 2.05) is 0 Å². The van der Waals surface area contributed by atoms with E-state index >= 15 is 0 Å². The van der Waals surface area contributed by atoms with Gasteiger partial charge in [0, 0.05) is 0 Å². The van der Waals surface area contributed by atoms with Crippen LogP contribution < -0.4 is 0 Å². The van der Waals surface area contributed by atoms with Crippen LogP contribution in [-0.2, 0) is 19.4 Å². The van der Waals surface area contributed by atoms with E-state index < -0.39 is 28.7 Å². The molecular formula is C15H31O5PS. The Kier molecular flexibility index (Phi) is 8.24. The fraction of sp³-hybridized carbons (Fsp3) is 0.800. The molecule has 0 aliphatic rings. The van der Waals surface area contributed by atoms with Crippen LogP contribution >= 0.6 is 6.83 Å². The molecule has 0 aromatic heterocycles. The summed E-state index contributed by atoms with van der Waals surface area (Å²) in [4.78, 5) is 12.4. The van der Waals surface area contributed by atoms with Crippen LogP contribution in [0.25, 0.3) is 0 Å². The van der Waals surface area contributed by atoms with Crippen molar-refractivity contribution in [3.63, 3.8) is 0 Å². The molecule has 0 rings (SSSR count). The van der Waals surface area contributed by atoms with E-state index in [2.05, 4.69) is 34.3 Å². The first kappa shape index (κ1) is 21.6. The summed E-state index contributed by atoms with van der Waals surface area (Å²) in [6.45, 7) is 9.34. The van der Waals surface area contributed by atoms with E-state index in [4.69, 9.17) is 9.08 Å². The first-order valence-corrected chi connectivity index (χ1v) is 12.4. The molecule has 0 atom stereocenters. The molecule has 0 aromatic rings. The third kappa shape index (κ3) is 5.98. The number of carbonyl (C=O) groups is 1. The van der Waals surface area contributed by atoms with E-state index in [1.54, 1.807) is 0 Å². The average molecular weight is 354 g/mol. The minimum absolute atomic E-state index is 0.102. The monoisotopic (exact) mass is 354 g/mol. The Hall–Kier alpha value is -0.450.